The molecule has 1 unspecified atom stereocenters. The zero-order chi connectivity index (χ0) is 15.6. The summed E-state index contributed by atoms with van der Waals surface area (Å²) in [6.45, 7) is 1.88. The predicted octanol–water partition coefficient (Wildman–Crippen LogP) is 4.12. The van der Waals surface area contributed by atoms with Crippen LogP contribution in [-0.4, -0.2) is 26.7 Å². The summed E-state index contributed by atoms with van der Waals surface area (Å²) in [6.07, 6.45) is 8.61. The molecule has 2 fully saturated rings. The predicted molar refractivity (Wildman–Crippen MR) is 94.6 cm³/mol. The Bertz CT molecular complexity index is 560. The summed E-state index contributed by atoms with van der Waals surface area (Å²) in [6, 6.07) is 8.18. The Balaban J connectivity index is 1.71. The van der Waals surface area contributed by atoms with E-state index in [9.17, 15) is 9.00 Å². The maximum absolute atomic E-state index is 12.8. The third kappa shape index (κ3) is 3.19. The average Bonchev–Trinajstić information content (AvgIpc) is 3.02. The van der Waals surface area contributed by atoms with Gasteiger partial charge in [0.2, 0.25) is 0 Å². The zero-order valence-corrected chi connectivity index (χ0v) is 14.5. The van der Waals surface area contributed by atoms with E-state index in [0.717, 1.165) is 29.9 Å². The minimum absolute atomic E-state index is 0.0837. The van der Waals surface area contributed by atoms with Crippen molar-refractivity contribution in [3.63, 3.8) is 0 Å². The highest BCUT2D eigenvalue weighted by molar-refractivity contribution is 8.04. The van der Waals surface area contributed by atoms with Crippen LogP contribution in [0.25, 0.3) is 0 Å². The van der Waals surface area contributed by atoms with Gasteiger partial charge >= 0.3 is 0 Å². The van der Waals surface area contributed by atoms with Crippen LogP contribution in [0.3, 0.4) is 0 Å². The van der Waals surface area contributed by atoms with E-state index in [1.54, 1.807) is 0 Å². The summed E-state index contributed by atoms with van der Waals surface area (Å²) < 4.78 is 12.8. The molecule has 1 aromatic carbocycles. The second kappa shape index (κ2) is 6.66. The van der Waals surface area contributed by atoms with Crippen LogP contribution in [-0.2, 0) is 9.93 Å². The van der Waals surface area contributed by atoms with Crippen LogP contribution in [0.4, 0.5) is 0 Å². The van der Waals surface area contributed by atoms with Crippen molar-refractivity contribution in [2.24, 2.45) is 0 Å². The van der Waals surface area contributed by atoms with E-state index in [-0.39, 0.29) is 11.0 Å². The SMILES string of the molecule is CC(C(=O)c1ccc(C2CCCCC2)cc1)[SH]1(=O)CCCC1. The largest absolute Gasteiger partial charge is 0.293 e. The molecule has 0 bridgehead atoms. The van der Waals surface area contributed by atoms with Crippen molar-refractivity contribution in [3.8, 4) is 0 Å². The second-order valence-corrected chi connectivity index (χ2v) is 10.7. The van der Waals surface area contributed by atoms with Crippen LogP contribution in [0.5, 0.6) is 0 Å². The maximum atomic E-state index is 12.8. The molecule has 1 aliphatic carbocycles. The van der Waals surface area contributed by atoms with Crippen LogP contribution in [0.15, 0.2) is 24.3 Å². The van der Waals surface area contributed by atoms with Gasteiger partial charge in [-0.2, -0.15) is 0 Å². The minimum Gasteiger partial charge on any atom is -0.293 e. The first kappa shape index (κ1) is 15.9. The quantitative estimate of drug-likeness (QED) is 0.669. The van der Waals surface area contributed by atoms with E-state index in [1.165, 1.54) is 37.7 Å². The minimum atomic E-state index is -2.27. The molecule has 1 heterocycles. The molecule has 2 nitrogen and oxygen atoms in total. The number of benzene rings is 1. The van der Waals surface area contributed by atoms with Crippen LogP contribution in [0, 0.1) is 0 Å². The van der Waals surface area contributed by atoms with E-state index in [4.69, 9.17) is 0 Å². The number of hydrogen-bond acceptors (Lipinski definition) is 2. The lowest BCUT2D eigenvalue weighted by atomic mass is 9.84. The number of ketones is 1. The molecule has 0 N–H and O–H groups in total. The highest BCUT2D eigenvalue weighted by Crippen LogP contribution is 2.33. The molecule has 0 radical (unpaired) electrons. The molecule has 3 heteroatoms. The summed E-state index contributed by atoms with van der Waals surface area (Å²) in [5.41, 5.74) is 2.12. The molecular weight excluding hydrogens is 292 g/mol. The van der Waals surface area contributed by atoms with Gasteiger partial charge in [-0.3, -0.25) is 9.00 Å². The van der Waals surface area contributed by atoms with Crippen molar-refractivity contribution in [3.05, 3.63) is 35.4 Å². The fourth-order valence-corrected chi connectivity index (χ4v) is 7.16. The molecule has 0 amide bonds. The molecule has 2 aliphatic rings. The van der Waals surface area contributed by atoms with E-state index in [0.29, 0.717) is 5.92 Å². The van der Waals surface area contributed by atoms with Crippen molar-refractivity contribution in [1.29, 1.82) is 0 Å². The van der Waals surface area contributed by atoms with Gasteiger partial charge in [0.15, 0.2) is 5.78 Å². The molecule has 1 atom stereocenters. The summed E-state index contributed by atoms with van der Waals surface area (Å²) in [5.74, 6) is 2.28. The third-order valence-corrected chi connectivity index (χ3v) is 9.47. The molecule has 0 aromatic heterocycles. The number of carbonyl (C=O) groups excluding carboxylic acids is 1. The van der Waals surface area contributed by atoms with Crippen LogP contribution >= 0.6 is 0 Å². The highest BCUT2D eigenvalue weighted by atomic mass is 32.2. The lowest BCUT2D eigenvalue weighted by Gasteiger charge is -2.25. The highest BCUT2D eigenvalue weighted by Gasteiger charge is 2.32. The molecule has 1 aliphatic heterocycles. The average molecular weight is 320 g/mol. The Morgan fingerprint density at radius 1 is 1.00 bits per heavy atom. The van der Waals surface area contributed by atoms with Crippen molar-refractivity contribution in [1.82, 2.24) is 0 Å². The number of carbonyl (C=O) groups is 1. The van der Waals surface area contributed by atoms with E-state index in [2.05, 4.69) is 12.1 Å². The summed E-state index contributed by atoms with van der Waals surface area (Å²) >= 11 is 0. The van der Waals surface area contributed by atoms with Gasteiger partial charge in [-0.1, -0.05) is 53.5 Å². The van der Waals surface area contributed by atoms with E-state index in [1.807, 2.05) is 19.1 Å². The van der Waals surface area contributed by atoms with Crippen LogP contribution in [0.2, 0.25) is 0 Å². The Morgan fingerprint density at radius 2 is 1.59 bits per heavy atom. The number of rotatable bonds is 4. The first-order valence-corrected chi connectivity index (χ1v) is 11.0. The smallest absolute Gasteiger partial charge is 0.176 e. The molecule has 1 saturated carbocycles. The number of thiol groups is 1. The van der Waals surface area contributed by atoms with Gasteiger partial charge in [0.25, 0.3) is 0 Å². The van der Waals surface area contributed by atoms with Gasteiger partial charge in [0.1, 0.15) is 0 Å². The number of hydrogen-bond donors (Lipinski definition) is 1. The first-order valence-electron chi connectivity index (χ1n) is 8.82. The molecule has 1 aromatic rings. The first-order chi connectivity index (χ1) is 10.6. The Labute approximate surface area is 135 Å². The summed E-state index contributed by atoms with van der Waals surface area (Å²) in [7, 11) is -2.27. The van der Waals surface area contributed by atoms with Gasteiger partial charge in [-0.05, 0) is 44.1 Å². The molecule has 0 spiro atoms. The standard InChI is InChI=1S/C19H28O2S/c1-15(22(21)13-5-6-14-22)19(20)18-11-9-17(10-12-18)16-7-3-2-4-8-16/h9-12,15-16,22H,2-8,13-14H2,1H3. The summed E-state index contributed by atoms with van der Waals surface area (Å²) in [4.78, 5) is 12.7. The lowest BCUT2D eigenvalue weighted by Crippen LogP contribution is -2.34. The lowest BCUT2D eigenvalue weighted by molar-refractivity contribution is 0.0992. The molecule has 22 heavy (non-hydrogen) atoms. The van der Waals surface area contributed by atoms with Gasteiger partial charge in [-0.15, -0.1) is 0 Å². The van der Waals surface area contributed by atoms with Gasteiger partial charge in [0.05, 0.1) is 5.25 Å². The van der Waals surface area contributed by atoms with Crippen LogP contribution < -0.4 is 0 Å². The fraction of sp³-hybridized carbons (Fsp3) is 0.632. The van der Waals surface area contributed by atoms with Crippen molar-refractivity contribution in [2.45, 2.75) is 63.0 Å². The topological polar surface area (TPSA) is 34.1 Å². The Morgan fingerprint density at radius 3 is 2.18 bits per heavy atom. The normalized spacial score (nSPS) is 24.8. The van der Waals surface area contributed by atoms with E-state index >= 15 is 0 Å². The molecular formula is C19H28O2S. The molecule has 122 valence electrons. The maximum Gasteiger partial charge on any atom is 0.176 e. The fourth-order valence-electron chi connectivity index (χ4n) is 4.07. The van der Waals surface area contributed by atoms with Crippen molar-refractivity contribution in [2.75, 3.05) is 11.5 Å². The molecule has 1 saturated heterocycles. The third-order valence-electron chi connectivity index (χ3n) is 5.68. The van der Waals surface area contributed by atoms with Gasteiger partial charge in [0, 0.05) is 17.1 Å². The number of Topliss-reactive ketones (excluding diaryl/α,β-unsaturated/α-hetero) is 1. The van der Waals surface area contributed by atoms with Crippen molar-refractivity contribution < 1.29 is 9.00 Å². The Hall–Kier alpha value is -0.960. The van der Waals surface area contributed by atoms with Crippen LogP contribution in [0.1, 0.15) is 73.7 Å². The van der Waals surface area contributed by atoms with Gasteiger partial charge in [-0.25, -0.2) is 0 Å². The van der Waals surface area contributed by atoms with Crippen molar-refractivity contribution >= 4 is 15.7 Å². The zero-order valence-electron chi connectivity index (χ0n) is 13.6. The second-order valence-electron chi connectivity index (χ2n) is 7.10. The molecule has 3 rings (SSSR count). The summed E-state index contributed by atoms with van der Waals surface area (Å²) in [5, 5.41) is -0.296. The Kier molecular flexibility index (Phi) is 4.82. The van der Waals surface area contributed by atoms with E-state index < -0.39 is 9.93 Å². The van der Waals surface area contributed by atoms with Gasteiger partial charge < -0.3 is 0 Å². The monoisotopic (exact) mass is 320 g/mol.